The topological polar surface area (TPSA) is 63.5 Å². The second-order valence-electron chi connectivity index (χ2n) is 8.36. The summed E-state index contributed by atoms with van der Waals surface area (Å²) in [6.45, 7) is 12.8. The lowest BCUT2D eigenvalue weighted by Crippen LogP contribution is -2.48. The van der Waals surface area contributed by atoms with E-state index in [1.54, 1.807) is 6.20 Å². The van der Waals surface area contributed by atoms with Gasteiger partial charge in [-0.3, -0.25) is 9.69 Å². The van der Waals surface area contributed by atoms with E-state index in [0.29, 0.717) is 12.2 Å². The number of fused-ring (bicyclic) bond motifs is 1. The Labute approximate surface area is 183 Å². The molecule has 1 aliphatic rings. The van der Waals surface area contributed by atoms with Gasteiger partial charge >= 0.3 is 0 Å². The van der Waals surface area contributed by atoms with Crippen LogP contribution in [0.2, 0.25) is 0 Å². The van der Waals surface area contributed by atoms with Crippen molar-refractivity contribution in [3.8, 4) is 5.75 Å². The van der Waals surface area contributed by atoms with Gasteiger partial charge in [0.05, 0.1) is 24.1 Å². The number of benzene rings is 1. The molecule has 0 bridgehead atoms. The Morgan fingerprint density at radius 3 is 2.48 bits per heavy atom. The summed E-state index contributed by atoms with van der Waals surface area (Å²) < 4.78 is 7.41. The molecule has 1 amide bonds. The Hall–Kier alpha value is -2.93. The van der Waals surface area contributed by atoms with Gasteiger partial charge in [0.1, 0.15) is 5.75 Å². The number of carbonyl (C=O) groups excluding carboxylic acids is 1. The molecule has 2 aromatic heterocycles. The van der Waals surface area contributed by atoms with Gasteiger partial charge in [-0.25, -0.2) is 9.67 Å². The zero-order chi connectivity index (χ0) is 22.0. The first-order valence-corrected chi connectivity index (χ1v) is 11.0. The molecule has 0 radical (unpaired) electrons. The zero-order valence-corrected chi connectivity index (χ0v) is 18.8. The first kappa shape index (κ1) is 21.3. The minimum atomic E-state index is 0.0601. The van der Waals surface area contributed by atoms with Gasteiger partial charge in [-0.05, 0) is 51.5 Å². The summed E-state index contributed by atoms with van der Waals surface area (Å²) in [6, 6.07) is 10.4. The van der Waals surface area contributed by atoms with Crippen LogP contribution in [0.1, 0.15) is 48.4 Å². The van der Waals surface area contributed by atoms with Crippen molar-refractivity contribution in [3.63, 3.8) is 0 Å². The van der Waals surface area contributed by atoms with Crippen LogP contribution in [0.25, 0.3) is 11.0 Å². The summed E-state index contributed by atoms with van der Waals surface area (Å²) in [5.41, 5.74) is 3.53. The first-order valence-electron chi connectivity index (χ1n) is 11.0. The number of aryl methyl sites for hydroxylation is 1. The summed E-state index contributed by atoms with van der Waals surface area (Å²) in [6.07, 6.45) is 1.80. The maximum Gasteiger partial charge on any atom is 0.255 e. The highest BCUT2D eigenvalue weighted by atomic mass is 16.5. The highest BCUT2D eigenvalue weighted by molar-refractivity contribution is 5.98. The van der Waals surface area contributed by atoms with Crippen molar-refractivity contribution in [3.05, 3.63) is 53.3 Å². The number of amides is 1. The maximum absolute atomic E-state index is 13.2. The molecule has 0 N–H and O–H groups in total. The lowest BCUT2D eigenvalue weighted by molar-refractivity contribution is 0.0627. The molecule has 0 spiro atoms. The van der Waals surface area contributed by atoms with Crippen molar-refractivity contribution in [2.24, 2.45) is 0 Å². The normalized spacial score (nSPS) is 15.1. The van der Waals surface area contributed by atoms with Crippen LogP contribution in [0.4, 0.5) is 0 Å². The van der Waals surface area contributed by atoms with Crippen LogP contribution in [0.5, 0.6) is 5.75 Å². The fraction of sp³-hybridized carbons (Fsp3) is 0.458. The summed E-state index contributed by atoms with van der Waals surface area (Å²) in [5.74, 6) is 0.964. The smallest absolute Gasteiger partial charge is 0.255 e. The zero-order valence-electron chi connectivity index (χ0n) is 18.8. The van der Waals surface area contributed by atoms with Gasteiger partial charge in [0.15, 0.2) is 5.65 Å². The molecule has 31 heavy (non-hydrogen) atoms. The van der Waals surface area contributed by atoms with Crippen LogP contribution in [0, 0.1) is 6.92 Å². The van der Waals surface area contributed by atoms with Crippen molar-refractivity contribution < 1.29 is 9.53 Å². The molecule has 0 atom stereocenters. The number of nitrogens with zero attached hydrogens (tertiary/aromatic N) is 5. The third kappa shape index (κ3) is 4.56. The molecule has 0 unspecified atom stereocenters. The Kier molecular flexibility index (Phi) is 6.23. The highest BCUT2D eigenvalue weighted by Crippen LogP contribution is 2.21. The standard InChI is InChI=1S/C24H31N5O2/c1-5-31-21-8-6-19(7-9-21)16-27-10-12-28(13-11-27)24(30)22-14-20-15-25-29(17(2)3)23(20)26-18(22)4/h6-9,14-15,17H,5,10-13,16H2,1-4H3. The summed E-state index contributed by atoms with van der Waals surface area (Å²) in [4.78, 5) is 22.2. The quantitative estimate of drug-likeness (QED) is 0.608. The van der Waals surface area contributed by atoms with Gasteiger partial charge in [0, 0.05) is 44.2 Å². The monoisotopic (exact) mass is 421 g/mol. The number of aromatic nitrogens is 3. The van der Waals surface area contributed by atoms with E-state index in [2.05, 4.69) is 36.0 Å². The fourth-order valence-corrected chi connectivity index (χ4v) is 4.06. The molecule has 1 fully saturated rings. The van der Waals surface area contributed by atoms with Crippen LogP contribution in [-0.2, 0) is 6.54 Å². The number of piperazine rings is 1. The predicted molar refractivity (Wildman–Crippen MR) is 121 cm³/mol. The molecule has 1 aliphatic heterocycles. The Bertz CT molecular complexity index is 1050. The Morgan fingerprint density at radius 2 is 1.84 bits per heavy atom. The van der Waals surface area contributed by atoms with E-state index in [9.17, 15) is 4.79 Å². The van der Waals surface area contributed by atoms with E-state index in [1.807, 2.05) is 41.6 Å². The predicted octanol–water partition coefficient (Wildman–Crippen LogP) is 3.68. The van der Waals surface area contributed by atoms with E-state index in [0.717, 1.165) is 55.2 Å². The average molecular weight is 422 g/mol. The summed E-state index contributed by atoms with van der Waals surface area (Å²) in [5, 5.41) is 5.34. The van der Waals surface area contributed by atoms with Crippen molar-refractivity contribution in [2.45, 2.75) is 40.3 Å². The Morgan fingerprint density at radius 1 is 1.13 bits per heavy atom. The number of rotatable bonds is 6. The molecule has 3 heterocycles. The molecular weight excluding hydrogens is 390 g/mol. The van der Waals surface area contributed by atoms with E-state index in [4.69, 9.17) is 9.72 Å². The summed E-state index contributed by atoms with van der Waals surface area (Å²) in [7, 11) is 0. The molecule has 164 valence electrons. The Balaban J connectivity index is 1.39. The molecule has 1 aromatic carbocycles. The minimum Gasteiger partial charge on any atom is -0.494 e. The number of carbonyl (C=O) groups is 1. The van der Waals surface area contributed by atoms with Gasteiger partial charge in [0.25, 0.3) is 5.91 Å². The molecule has 7 heteroatoms. The minimum absolute atomic E-state index is 0.0601. The van der Waals surface area contributed by atoms with E-state index >= 15 is 0 Å². The largest absolute Gasteiger partial charge is 0.494 e. The third-order valence-electron chi connectivity index (χ3n) is 5.78. The fourth-order valence-electron chi connectivity index (χ4n) is 4.06. The molecule has 1 saturated heterocycles. The molecule has 4 rings (SSSR count). The van der Waals surface area contributed by atoms with Crippen molar-refractivity contribution in [1.29, 1.82) is 0 Å². The number of hydrogen-bond acceptors (Lipinski definition) is 5. The van der Waals surface area contributed by atoms with Gasteiger partial charge in [0.2, 0.25) is 0 Å². The number of pyridine rings is 1. The van der Waals surface area contributed by atoms with E-state index < -0.39 is 0 Å². The third-order valence-corrected chi connectivity index (χ3v) is 5.78. The molecule has 0 aliphatic carbocycles. The molecule has 3 aromatic rings. The second-order valence-corrected chi connectivity index (χ2v) is 8.36. The average Bonchev–Trinajstić information content (AvgIpc) is 3.18. The van der Waals surface area contributed by atoms with Crippen molar-refractivity contribution >= 4 is 16.9 Å². The van der Waals surface area contributed by atoms with Crippen molar-refractivity contribution in [2.75, 3.05) is 32.8 Å². The van der Waals surface area contributed by atoms with E-state index in [1.165, 1.54) is 5.56 Å². The SMILES string of the molecule is CCOc1ccc(CN2CCN(C(=O)c3cc4cnn(C(C)C)c4nc3C)CC2)cc1. The van der Waals surface area contributed by atoms with Crippen LogP contribution in [0.15, 0.2) is 36.5 Å². The van der Waals surface area contributed by atoms with Crippen LogP contribution < -0.4 is 4.74 Å². The van der Waals surface area contributed by atoms with E-state index in [-0.39, 0.29) is 11.9 Å². The summed E-state index contributed by atoms with van der Waals surface area (Å²) >= 11 is 0. The van der Waals surface area contributed by atoms with Gasteiger partial charge in [-0.15, -0.1) is 0 Å². The van der Waals surface area contributed by atoms with Crippen LogP contribution in [0.3, 0.4) is 0 Å². The number of hydrogen-bond donors (Lipinski definition) is 0. The first-order chi connectivity index (χ1) is 15.0. The molecule has 0 saturated carbocycles. The second kappa shape index (κ2) is 9.06. The van der Waals surface area contributed by atoms with Gasteiger partial charge < -0.3 is 9.64 Å². The van der Waals surface area contributed by atoms with Gasteiger partial charge in [-0.2, -0.15) is 5.10 Å². The number of ether oxygens (including phenoxy) is 1. The van der Waals surface area contributed by atoms with Gasteiger partial charge in [-0.1, -0.05) is 12.1 Å². The molecule has 7 nitrogen and oxygen atoms in total. The highest BCUT2D eigenvalue weighted by Gasteiger charge is 2.24. The van der Waals surface area contributed by atoms with Crippen LogP contribution >= 0.6 is 0 Å². The lowest BCUT2D eigenvalue weighted by Gasteiger charge is -2.35. The van der Waals surface area contributed by atoms with Crippen LogP contribution in [-0.4, -0.2) is 63.3 Å². The lowest BCUT2D eigenvalue weighted by atomic mass is 10.1. The maximum atomic E-state index is 13.2. The molecular formula is C24H31N5O2. The van der Waals surface area contributed by atoms with Crippen molar-refractivity contribution in [1.82, 2.24) is 24.6 Å².